The maximum Gasteiger partial charge on any atom is 0.168 e. The molecule has 4 atom stereocenters. The zero-order valence-electron chi connectivity index (χ0n) is 6.93. The summed E-state index contributed by atoms with van der Waals surface area (Å²) in [6.45, 7) is 2.34. The molecule has 0 amide bonds. The highest BCUT2D eigenvalue weighted by molar-refractivity contribution is 7.79. The summed E-state index contributed by atoms with van der Waals surface area (Å²) in [5.41, 5.74) is 0. The van der Waals surface area contributed by atoms with E-state index in [1.54, 1.807) is 0 Å². The minimum atomic E-state index is -2.23. The van der Waals surface area contributed by atoms with E-state index < -0.39 is 22.6 Å². The molecule has 5 heteroatoms. The number of hydrogen-bond donors (Lipinski definition) is 1. The predicted molar refractivity (Wildman–Crippen MR) is 43.1 cm³/mol. The Morgan fingerprint density at radius 3 is 2.92 bits per heavy atom. The second kappa shape index (κ2) is 4.32. The average Bonchev–Trinajstić information content (AvgIpc) is 2.32. The van der Waals surface area contributed by atoms with Crippen LogP contribution in [0.5, 0.6) is 0 Å². The number of ether oxygens (including phenoxy) is 1. The molecule has 1 fully saturated rings. The summed E-state index contributed by atoms with van der Waals surface area (Å²) in [6.07, 6.45) is 0.573. The molecule has 4 nitrogen and oxygen atoms in total. The van der Waals surface area contributed by atoms with Gasteiger partial charge in [0.15, 0.2) is 6.29 Å². The second-order valence-corrected chi connectivity index (χ2v) is 4.06. The number of rotatable bonds is 3. The largest absolute Gasteiger partial charge is 0.772 e. The summed E-state index contributed by atoms with van der Waals surface area (Å²) in [7, 11) is 0. The molecule has 3 unspecified atom stereocenters. The first-order valence-corrected chi connectivity index (χ1v) is 5.18. The van der Waals surface area contributed by atoms with Crippen LogP contribution >= 0.6 is 0 Å². The van der Waals surface area contributed by atoms with Gasteiger partial charge in [-0.25, -0.2) is 0 Å². The van der Waals surface area contributed by atoms with Crippen molar-refractivity contribution in [2.45, 2.75) is 31.3 Å². The number of hydrogen-bond acceptors (Lipinski definition) is 4. The highest BCUT2D eigenvalue weighted by Crippen LogP contribution is 2.26. The lowest BCUT2D eigenvalue weighted by Gasteiger charge is -2.21. The highest BCUT2D eigenvalue weighted by Gasteiger charge is 2.36. The minimum Gasteiger partial charge on any atom is -0.772 e. The highest BCUT2D eigenvalue weighted by atomic mass is 32.2. The van der Waals surface area contributed by atoms with Gasteiger partial charge in [0.2, 0.25) is 0 Å². The SMILES string of the molecule is CCC[C@H]1COC(O)C1S(=O)[O-]. The standard InChI is InChI=1S/C7H14O4S/c1-2-3-5-4-11-7(8)6(5)12(9)10/h5-8H,2-4H2,1H3,(H,9,10)/p-1/t5-,6?,7?/m0/s1. The molecule has 1 aliphatic heterocycles. The zero-order chi connectivity index (χ0) is 9.14. The van der Waals surface area contributed by atoms with Gasteiger partial charge in [-0.3, -0.25) is 4.21 Å². The van der Waals surface area contributed by atoms with Gasteiger partial charge in [0.25, 0.3) is 0 Å². The first-order chi connectivity index (χ1) is 5.66. The van der Waals surface area contributed by atoms with E-state index >= 15 is 0 Å². The molecule has 0 aromatic rings. The van der Waals surface area contributed by atoms with Gasteiger partial charge in [0.05, 0.1) is 11.9 Å². The molecule has 0 radical (unpaired) electrons. The lowest BCUT2D eigenvalue weighted by molar-refractivity contribution is -0.0575. The van der Waals surface area contributed by atoms with Crippen LogP contribution in [0.4, 0.5) is 0 Å². The van der Waals surface area contributed by atoms with Crippen molar-refractivity contribution in [3.05, 3.63) is 0 Å². The molecule has 12 heavy (non-hydrogen) atoms. The Labute approximate surface area is 74.2 Å². The van der Waals surface area contributed by atoms with Gasteiger partial charge in [0.1, 0.15) is 0 Å². The molecule has 1 heterocycles. The van der Waals surface area contributed by atoms with Crippen molar-refractivity contribution in [1.82, 2.24) is 0 Å². The van der Waals surface area contributed by atoms with Crippen LogP contribution in [-0.2, 0) is 15.8 Å². The Kier molecular flexibility index (Phi) is 3.64. The van der Waals surface area contributed by atoms with Crippen LogP contribution in [0, 0.1) is 5.92 Å². The fourth-order valence-electron chi connectivity index (χ4n) is 1.52. The summed E-state index contributed by atoms with van der Waals surface area (Å²) < 4.78 is 26.2. The van der Waals surface area contributed by atoms with Crippen LogP contribution in [-0.4, -0.2) is 32.0 Å². The van der Waals surface area contributed by atoms with Gasteiger partial charge in [0, 0.05) is 5.92 Å². The molecule has 0 aliphatic carbocycles. The van der Waals surface area contributed by atoms with Gasteiger partial charge in [-0.2, -0.15) is 0 Å². The van der Waals surface area contributed by atoms with E-state index in [0.29, 0.717) is 6.61 Å². The average molecular weight is 193 g/mol. The zero-order valence-corrected chi connectivity index (χ0v) is 7.75. The third-order valence-electron chi connectivity index (χ3n) is 2.11. The van der Waals surface area contributed by atoms with E-state index in [4.69, 9.17) is 9.84 Å². The van der Waals surface area contributed by atoms with Crippen molar-refractivity contribution in [1.29, 1.82) is 0 Å². The van der Waals surface area contributed by atoms with E-state index in [-0.39, 0.29) is 5.92 Å². The first-order valence-electron chi connectivity index (χ1n) is 4.04. The van der Waals surface area contributed by atoms with Crippen molar-refractivity contribution in [3.63, 3.8) is 0 Å². The molecule has 0 saturated carbocycles. The molecule has 1 aliphatic rings. The van der Waals surface area contributed by atoms with E-state index in [9.17, 15) is 8.76 Å². The van der Waals surface area contributed by atoms with Crippen molar-refractivity contribution in [2.24, 2.45) is 5.92 Å². The topological polar surface area (TPSA) is 69.6 Å². The maximum atomic E-state index is 10.7. The normalized spacial score (nSPS) is 38.4. The third-order valence-corrected chi connectivity index (χ3v) is 3.17. The van der Waals surface area contributed by atoms with Crippen LogP contribution in [0.1, 0.15) is 19.8 Å². The number of aliphatic hydroxyl groups is 1. The Bertz CT molecular complexity index is 171. The Hall–Kier alpha value is 0.0300. The van der Waals surface area contributed by atoms with E-state index in [1.807, 2.05) is 6.92 Å². The van der Waals surface area contributed by atoms with Gasteiger partial charge in [-0.1, -0.05) is 13.3 Å². The van der Waals surface area contributed by atoms with E-state index in [2.05, 4.69) is 0 Å². The summed E-state index contributed by atoms with van der Waals surface area (Å²) in [5.74, 6) is -0.0386. The van der Waals surface area contributed by atoms with Gasteiger partial charge in [-0.05, 0) is 17.5 Å². The fourth-order valence-corrected chi connectivity index (χ4v) is 2.31. The summed E-state index contributed by atoms with van der Waals surface area (Å²) >= 11 is -2.23. The molecule has 0 spiro atoms. The summed E-state index contributed by atoms with van der Waals surface area (Å²) in [6, 6.07) is 0. The first kappa shape index (κ1) is 10.1. The number of aliphatic hydroxyl groups excluding tert-OH is 1. The quantitative estimate of drug-likeness (QED) is 0.640. The molecule has 0 bridgehead atoms. The summed E-state index contributed by atoms with van der Waals surface area (Å²) in [4.78, 5) is 0. The van der Waals surface area contributed by atoms with Crippen molar-refractivity contribution in [3.8, 4) is 0 Å². The van der Waals surface area contributed by atoms with Crippen molar-refractivity contribution < 1.29 is 18.6 Å². The van der Waals surface area contributed by atoms with Gasteiger partial charge in [-0.15, -0.1) is 0 Å². The molecule has 1 saturated heterocycles. The Morgan fingerprint density at radius 2 is 2.42 bits per heavy atom. The fraction of sp³-hybridized carbons (Fsp3) is 1.00. The second-order valence-electron chi connectivity index (χ2n) is 3.00. The molecule has 1 N–H and O–H groups in total. The van der Waals surface area contributed by atoms with Crippen molar-refractivity contribution in [2.75, 3.05) is 6.61 Å². The molecular weight excluding hydrogens is 180 g/mol. The molecule has 0 aromatic heterocycles. The molecular formula is C7H13O4S-. The monoisotopic (exact) mass is 193 g/mol. The van der Waals surface area contributed by atoms with E-state index in [0.717, 1.165) is 12.8 Å². The van der Waals surface area contributed by atoms with Crippen LogP contribution in [0.25, 0.3) is 0 Å². The van der Waals surface area contributed by atoms with Crippen molar-refractivity contribution >= 4 is 11.1 Å². The summed E-state index contributed by atoms with van der Waals surface area (Å²) in [5, 5.41) is 8.41. The third kappa shape index (κ3) is 2.04. The van der Waals surface area contributed by atoms with Crippen LogP contribution < -0.4 is 0 Å². The lowest BCUT2D eigenvalue weighted by Crippen LogP contribution is -2.30. The minimum absolute atomic E-state index is 0.0386. The maximum absolute atomic E-state index is 10.7. The Balaban J connectivity index is 2.57. The smallest absolute Gasteiger partial charge is 0.168 e. The van der Waals surface area contributed by atoms with Crippen LogP contribution in [0.15, 0.2) is 0 Å². The lowest BCUT2D eigenvalue weighted by atomic mass is 10.0. The molecule has 1 rings (SSSR count). The van der Waals surface area contributed by atoms with Crippen LogP contribution in [0.3, 0.4) is 0 Å². The van der Waals surface area contributed by atoms with Crippen LogP contribution in [0.2, 0.25) is 0 Å². The molecule has 0 aromatic carbocycles. The molecule has 72 valence electrons. The van der Waals surface area contributed by atoms with Gasteiger partial charge < -0.3 is 14.4 Å². The van der Waals surface area contributed by atoms with Gasteiger partial charge >= 0.3 is 0 Å². The van der Waals surface area contributed by atoms with E-state index in [1.165, 1.54) is 0 Å². The predicted octanol–water partition coefficient (Wildman–Crippen LogP) is -0.001000. The Morgan fingerprint density at radius 1 is 1.75 bits per heavy atom.